The molecular weight excluding hydrogens is 288 g/mol. The molecule has 22 heavy (non-hydrogen) atoms. The van der Waals surface area contributed by atoms with Gasteiger partial charge in [-0.05, 0) is 23.6 Å². The van der Waals surface area contributed by atoms with Gasteiger partial charge in [-0.2, -0.15) is 0 Å². The first kappa shape index (κ1) is 14.2. The molecule has 114 valence electrons. The number of carbonyl (C=O) groups excluding carboxylic acids is 4. The first-order valence-electron chi connectivity index (χ1n) is 6.92. The zero-order chi connectivity index (χ0) is 15.7. The van der Waals surface area contributed by atoms with E-state index in [0.717, 1.165) is 5.56 Å². The molecule has 3 amide bonds. The molecule has 7 nitrogen and oxygen atoms in total. The average molecular weight is 302 g/mol. The number of ether oxygens (including phenoxy) is 1. The maximum absolute atomic E-state index is 12.5. The van der Waals surface area contributed by atoms with Crippen LogP contribution in [0.4, 0.5) is 0 Å². The fourth-order valence-electron chi connectivity index (χ4n) is 2.82. The number of hydrogen-bond acceptors (Lipinski definition) is 5. The van der Waals surface area contributed by atoms with Crippen molar-refractivity contribution in [1.29, 1.82) is 0 Å². The summed E-state index contributed by atoms with van der Waals surface area (Å²) in [7, 11) is 0. The van der Waals surface area contributed by atoms with Gasteiger partial charge in [-0.3, -0.25) is 24.5 Å². The SMILES string of the molecule is O=COCc1ccc2c(c1)C(=O)N(C1CCC(=O)NC1=O)C2. The summed E-state index contributed by atoms with van der Waals surface area (Å²) in [4.78, 5) is 47.3. The lowest BCUT2D eigenvalue weighted by atomic mass is 10.0. The van der Waals surface area contributed by atoms with Gasteiger partial charge < -0.3 is 9.64 Å². The summed E-state index contributed by atoms with van der Waals surface area (Å²) in [5.41, 5.74) is 2.05. The van der Waals surface area contributed by atoms with E-state index in [1.807, 2.05) is 0 Å². The molecule has 1 atom stereocenters. The molecule has 0 bridgehead atoms. The van der Waals surface area contributed by atoms with Crippen LogP contribution in [0.15, 0.2) is 18.2 Å². The monoisotopic (exact) mass is 302 g/mol. The topological polar surface area (TPSA) is 92.8 Å². The standard InChI is InChI=1S/C15H14N2O5/c18-8-22-7-9-1-2-10-6-17(15(21)11(10)5-9)12-3-4-13(19)16-14(12)20/h1-2,5,8,12H,3-4,6-7H2,(H,16,19,20). The second-order valence-electron chi connectivity index (χ2n) is 5.30. The van der Waals surface area contributed by atoms with Gasteiger partial charge in [-0.25, -0.2) is 0 Å². The highest BCUT2D eigenvalue weighted by Gasteiger charge is 2.38. The van der Waals surface area contributed by atoms with Gasteiger partial charge in [-0.1, -0.05) is 12.1 Å². The molecule has 2 aliphatic heterocycles. The summed E-state index contributed by atoms with van der Waals surface area (Å²) >= 11 is 0. The number of rotatable bonds is 4. The Morgan fingerprint density at radius 1 is 1.32 bits per heavy atom. The van der Waals surface area contributed by atoms with Crippen molar-refractivity contribution in [2.75, 3.05) is 0 Å². The molecule has 0 aliphatic carbocycles. The molecule has 0 aromatic heterocycles. The maximum atomic E-state index is 12.5. The third-order valence-corrected chi connectivity index (χ3v) is 3.91. The van der Waals surface area contributed by atoms with Crippen molar-refractivity contribution >= 4 is 24.2 Å². The van der Waals surface area contributed by atoms with Crippen LogP contribution in [0.5, 0.6) is 0 Å². The van der Waals surface area contributed by atoms with Gasteiger partial charge in [0.05, 0.1) is 0 Å². The largest absolute Gasteiger partial charge is 0.463 e. The lowest BCUT2D eigenvalue weighted by Gasteiger charge is -2.29. The van der Waals surface area contributed by atoms with Crippen LogP contribution in [-0.4, -0.2) is 35.1 Å². The Hall–Kier alpha value is -2.70. The van der Waals surface area contributed by atoms with Crippen molar-refractivity contribution < 1.29 is 23.9 Å². The van der Waals surface area contributed by atoms with Gasteiger partial charge in [0.25, 0.3) is 12.4 Å². The van der Waals surface area contributed by atoms with Gasteiger partial charge in [0, 0.05) is 18.5 Å². The van der Waals surface area contributed by atoms with Crippen molar-refractivity contribution in [2.45, 2.75) is 32.0 Å². The molecule has 1 aromatic rings. The van der Waals surface area contributed by atoms with Crippen LogP contribution < -0.4 is 5.32 Å². The van der Waals surface area contributed by atoms with Crippen molar-refractivity contribution in [2.24, 2.45) is 0 Å². The molecule has 1 aromatic carbocycles. The smallest absolute Gasteiger partial charge is 0.293 e. The van der Waals surface area contributed by atoms with Gasteiger partial charge in [-0.15, -0.1) is 0 Å². The minimum absolute atomic E-state index is 0.0997. The van der Waals surface area contributed by atoms with E-state index in [4.69, 9.17) is 0 Å². The zero-order valence-electron chi connectivity index (χ0n) is 11.7. The molecule has 3 rings (SSSR count). The minimum Gasteiger partial charge on any atom is -0.463 e. The maximum Gasteiger partial charge on any atom is 0.293 e. The summed E-state index contributed by atoms with van der Waals surface area (Å²) in [6.45, 7) is 0.794. The van der Waals surface area contributed by atoms with Crippen LogP contribution in [0.2, 0.25) is 0 Å². The molecule has 2 heterocycles. The normalized spacial score (nSPS) is 20.6. The van der Waals surface area contributed by atoms with E-state index in [9.17, 15) is 19.2 Å². The number of amides is 3. The first-order chi connectivity index (χ1) is 10.6. The fraction of sp³-hybridized carbons (Fsp3) is 0.333. The molecule has 1 N–H and O–H groups in total. The molecule has 7 heteroatoms. The Labute approximate surface area is 126 Å². The van der Waals surface area contributed by atoms with Gasteiger partial charge in [0.15, 0.2) is 0 Å². The fourth-order valence-corrected chi connectivity index (χ4v) is 2.82. The van der Waals surface area contributed by atoms with E-state index in [1.165, 1.54) is 4.90 Å². The highest BCUT2D eigenvalue weighted by atomic mass is 16.5. The van der Waals surface area contributed by atoms with Crippen LogP contribution in [0.1, 0.15) is 34.3 Å². The van der Waals surface area contributed by atoms with Crippen LogP contribution in [0, 0.1) is 0 Å². The molecule has 1 unspecified atom stereocenters. The lowest BCUT2D eigenvalue weighted by Crippen LogP contribution is -2.52. The van der Waals surface area contributed by atoms with Crippen molar-refractivity contribution in [3.8, 4) is 0 Å². The minimum atomic E-state index is -0.618. The highest BCUT2D eigenvalue weighted by Crippen LogP contribution is 2.28. The summed E-state index contributed by atoms with van der Waals surface area (Å²) in [5.74, 6) is -0.974. The molecule has 0 saturated carbocycles. The lowest BCUT2D eigenvalue weighted by molar-refractivity contribution is -0.137. The molecule has 0 spiro atoms. The van der Waals surface area contributed by atoms with Crippen molar-refractivity contribution in [3.63, 3.8) is 0 Å². The number of carbonyl (C=O) groups is 4. The number of benzene rings is 1. The van der Waals surface area contributed by atoms with Crippen molar-refractivity contribution in [3.05, 3.63) is 34.9 Å². The van der Waals surface area contributed by atoms with Gasteiger partial charge in [0.1, 0.15) is 12.6 Å². The number of piperidine rings is 1. The number of nitrogens with one attached hydrogen (secondary N) is 1. The zero-order valence-corrected chi connectivity index (χ0v) is 11.7. The Morgan fingerprint density at radius 3 is 2.86 bits per heavy atom. The Balaban J connectivity index is 1.80. The first-order valence-corrected chi connectivity index (χ1v) is 6.92. The Bertz CT molecular complexity index is 670. The van der Waals surface area contributed by atoms with Crippen molar-refractivity contribution in [1.82, 2.24) is 10.2 Å². The van der Waals surface area contributed by atoms with Crippen LogP contribution in [0.25, 0.3) is 0 Å². The third kappa shape index (κ3) is 2.45. The van der Waals surface area contributed by atoms with E-state index in [2.05, 4.69) is 10.1 Å². The van der Waals surface area contributed by atoms with Gasteiger partial charge in [0.2, 0.25) is 11.8 Å². The van der Waals surface area contributed by atoms with Crippen LogP contribution in [0.3, 0.4) is 0 Å². The number of imide groups is 1. The van der Waals surface area contributed by atoms with Crippen LogP contribution >= 0.6 is 0 Å². The summed E-state index contributed by atoms with van der Waals surface area (Å²) in [5, 5.41) is 2.26. The second-order valence-corrected chi connectivity index (χ2v) is 5.30. The molecule has 1 saturated heterocycles. The molecule has 0 radical (unpaired) electrons. The second kappa shape index (κ2) is 5.59. The summed E-state index contributed by atoms with van der Waals surface area (Å²) < 4.78 is 4.68. The molecular formula is C15H14N2O5. The van der Waals surface area contributed by atoms with E-state index in [-0.39, 0.29) is 24.8 Å². The van der Waals surface area contributed by atoms with Gasteiger partial charge >= 0.3 is 0 Å². The summed E-state index contributed by atoms with van der Waals surface area (Å²) in [6, 6.07) is 4.63. The number of hydrogen-bond donors (Lipinski definition) is 1. The summed E-state index contributed by atoms with van der Waals surface area (Å²) in [6.07, 6.45) is 0.570. The van der Waals surface area contributed by atoms with Crippen LogP contribution in [-0.2, 0) is 32.3 Å². The molecule has 1 fully saturated rings. The quantitative estimate of drug-likeness (QED) is 0.630. The Kier molecular flexibility index (Phi) is 3.62. The highest BCUT2D eigenvalue weighted by molar-refractivity contribution is 6.05. The van der Waals surface area contributed by atoms with E-state index >= 15 is 0 Å². The predicted molar refractivity (Wildman–Crippen MR) is 73.3 cm³/mol. The molecule has 2 aliphatic rings. The predicted octanol–water partition coefficient (Wildman–Crippen LogP) is 0.121. The third-order valence-electron chi connectivity index (χ3n) is 3.91. The number of nitrogens with zero attached hydrogens (tertiary/aromatic N) is 1. The van der Waals surface area contributed by atoms with E-state index in [1.54, 1.807) is 18.2 Å². The van der Waals surface area contributed by atoms with E-state index < -0.39 is 11.9 Å². The van der Waals surface area contributed by atoms with E-state index in [0.29, 0.717) is 30.6 Å². The average Bonchev–Trinajstić information content (AvgIpc) is 2.82. The number of fused-ring (bicyclic) bond motifs is 1. The Morgan fingerprint density at radius 2 is 2.14 bits per heavy atom.